The van der Waals surface area contributed by atoms with Crippen molar-refractivity contribution in [3.05, 3.63) is 89.2 Å². The summed E-state index contributed by atoms with van der Waals surface area (Å²) in [5.74, 6) is 0.525. The van der Waals surface area contributed by atoms with E-state index in [4.69, 9.17) is 17.3 Å². The number of primary amides is 1. The van der Waals surface area contributed by atoms with Crippen LogP contribution in [0.4, 0.5) is 5.69 Å². The van der Waals surface area contributed by atoms with Crippen LogP contribution in [0.2, 0.25) is 5.02 Å². The molecule has 2 aliphatic heterocycles. The summed E-state index contributed by atoms with van der Waals surface area (Å²) in [5, 5.41) is 6.99. The van der Waals surface area contributed by atoms with E-state index < -0.39 is 5.91 Å². The molecule has 2 saturated heterocycles. The first-order valence-electron chi connectivity index (χ1n) is 18.1. The molecule has 0 spiro atoms. The van der Waals surface area contributed by atoms with Gasteiger partial charge in [0.05, 0.1) is 6.26 Å². The van der Waals surface area contributed by atoms with E-state index >= 15 is 0 Å². The number of likely N-dealkylation sites (N-methyl/N-ethyl adjacent to an activating group) is 1. The van der Waals surface area contributed by atoms with Crippen LogP contribution >= 0.6 is 11.6 Å². The number of amides is 2. The molecule has 2 fully saturated rings. The van der Waals surface area contributed by atoms with Crippen molar-refractivity contribution in [3.8, 4) is 0 Å². The second kappa shape index (κ2) is 31.8. The number of rotatable bonds is 10. The van der Waals surface area contributed by atoms with E-state index in [-0.39, 0.29) is 6.61 Å². The van der Waals surface area contributed by atoms with E-state index in [0.29, 0.717) is 6.04 Å². The molecule has 284 valence electrons. The molecule has 0 aliphatic carbocycles. The molecule has 2 aliphatic rings. The van der Waals surface area contributed by atoms with Crippen molar-refractivity contribution in [2.45, 2.75) is 93.0 Å². The van der Waals surface area contributed by atoms with E-state index in [0.717, 1.165) is 42.4 Å². The predicted molar refractivity (Wildman–Crippen MR) is 217 cm³/mol. The molecular formula is C41H70ClN5O3. The normalized spacial score (nSPS) is 14.5. The number of likely N-dealkylation sites (tertiary alicyclic amines) is 1. The van der Waals surface area contributed by atoms with Crippen LogP contribution < -0.4 is 16.4 Å². The molecule has 0 unspecified atom stereocenters. The third kappa shape index (κ3) is 24.1. The second-order valence-corrected chi connectivity index (χ2v) is 12.8. The van der Waals surface area contributed by atoms with Crippen molar-refractivity contribution in [2.24, 2.45) is 11.7 Å². The van der Waals surface area contributed by atoms with Crippen molar-refractivity contribution >= 4 is 29.6 Å². The monoisotopic (exact) mass is 716 g/mol. The van der Waals surface area contributed by atoms with Gasteiger partial charge in [-0.2, -0.15) is 0 Å². The van der Waals surface area contributed by atoms with E-state index in [1.54, 1.807) is 0 Å². The fourth-order valence-corrected chi connectivity index (χ4v) is 5.39. The lowest BCUT2D eigenvalue weighted by atomic mass is 10.0. The fraction of sp³-hybridized carbons (Fsp3) is 0.561. The van der Waals surface area contributed by atoms with Gasteiger partial charge in [-0.25, -0.2) is 0 Å². The van der Waals surface area contributed by atoms with Gasteiger partial charge in [-0.1, -0.05) is 81.3 Å². The molecule has 0 saturated carbocycles. The SMILES string of the molecule is C=C.CC.CC/C=C/OCC(N)=O.CC1CCNCC1.CN1CCC(N(C)CCc2ccccc2NC=O)CC1.Cc1cc(C)c(Cl)c(C)c1. The van der Waals surface area contributed by atoms with Crippen LogP contribution in [0, 0.1) is 26.7 Å². The van der Waals surface area contributed by atoms with Gasteiger partial charge in [0.2, 0.25) is 6.41 Å². The number of hydrogen-bond acceptors (Lipinski definition) is 6. The number of anilines is 1. The summed E-state index contributed by atoms with van der Waals surface area (Å²) in [6.45, 7) is 26.3. The van der Waals surface area contributed by atoms with Crippen LogP contribution in [0.15, 0.2) is 61.9 Å². The average Bonchev–Trinajstić information content (AvgIpc) is 3.12. The van der Waals surface area contributed by atoms with E-state index in [9.17, 15) is 9.59 Å². The van der Waals surface area contributed by atoms with Gasteiger partial charge in [0.15, 0.2) is 6.61 Å². The van der Waals surface area contributed by atoms with Gasteiger partial charge in [-0.15, -0.1) is 13.2 Å². The third-order valence-corrected chi connectivity index (χ3v) is 8.74. The molecule has 0 aromatic heterocycles. The quantitative estimate of drug-likeness (QED) is 0.130. The van der Waals surface area contributed by atoms with E-state index in [1.165, 1.54) is 80.4 Å². The number of carbonyl (C=O) groups excluding carboxylic acids is 2. The van der Waals surface area contributed by atoms with Crippen LogP contribution in [-0.4, -0.2) is 81.6 Å². The summed E-state index contributed by atoms with van der Waals surface area (Å²) in [6, 6.07) is 12.9. The number of para-hydroxylation sites is 1. The maximum absolute atomic E-state index is 10.6. The zero-order valence-corrected chi connectivity index (χ0v) is 33.6. The summed E-state index contributed by atoms with van der Waals surface area (Å²) in [6.07, 6.45) is 11.2. The molecule has 4 N–H and O–H groups in total. The van der Waals surface area contributed by atoms with Crippen molar-refractivity contribution < 1.29 is 14.3 Å². The summed E-state index contributed by atoms with van der Waals surface area (Å²) in [7, 11) is 4.41. The second-order valence-electron chi connectivity index (χ2n) is 12.4. The summed E-state index contributed by atoms with van der Waals surface area (Å²) in [4.78, 5) is 25.5. The molecule has 50 heavy (non-hydrogen) atoms. The van der Waals surface area contributed by atoms with Gasteiger partial charge in [0.1, 0.15) is 0 Å². The van der Waals surface area contributed by atoms with Crippen LogP contribution in [0.5, 0.6) is 0 Å². The van der Waals surface area contributed by atoms with Crippen LogP contribution in [0.25, 0.3) is 0 Å². The zero-order chi connectivity index (χ0) is 38.3. The van der Waals surface area contributed by atoms with Crippen molar-refractivity contribution in [3.63, 3.8) is 0 Å². The Balaban J connectivity index is 0. The number of piperidine rings is 2. The number of halogens is 1. The minimum Gasteiger partial charge on any atom is -0.492 e. The molecule has 9 heteroatoms. The van der Waals surface area contributed by atoms with Crippen molar-refractivity contribution in [1.29, 1.82) is 0 Å². The van der Waals surface area contributed by atoms with Gasteiger partial charge < -0.3 is 30.9 Å². The van der Waals surface area contributed by atoms with Crippen LogP contribution in [0.3, 0.4) is 0 Å². The van der Waals surface area contributed by atoms with Gasteiger partial charge in [0.25, 0.3) is 5.91 Å². The standard InChI is InChI=1S/C16H25N3O.C9H11Cl.C6H11NO2.C6H13N.C2H6.C2H4/c1-18-10-8-15(9-11-18)19(2)12-7-14-5-3-4-6-16(14)17-13-20;1-6-4-7(2)9(10)8(3)5-6;1-2-3-4-9-5-6(7)8;1-6-2-4-7-5-3-6;2*1-2/h3-6,13,15H,7-12H2,1-2H3,(H,17,20);4-5H,1-3H3;3-4H,2,5H2,1H3,(H2,7,8);6-7H,2-5H2,1H3;1-2H3;1-2H2/b;;4-3+;;;. The van der Waals surface area contributed by atoms with E-state index in [2.05, 4.69) is 84.5 Å². The Bertz CT molecular complexity index is 1160. The molecule has 2 aromatic rings. The number of nitrogens with two attached hydrogens (primary N) is 1. The number of allylic oxidation sites excluding steroid dienone is 1. The molecule has 0 bridgehead atoms. The summed E-state index contributed by atoms with van der Waals surface area (Å²) in [5.41, 5.74) is 10.5. The minimum absolute atomic E-state index is 0.0312. The highest BCUT2D eigenvalue weighted by Crippen LogP contribution is 2.21. The zero-order valence-electron chi connectivity index (χ0n) is 32.8. The molecule has 4 rings (SSSR count). The Labute approximate surface area is 310 Å². The highest BCUT2D eigenvalue weighted by molar-refractivity contribution is 6.32. The van der Waals surface area contributed by atoms with Crippen LogP contribution in [0.1, 0.15) is 82.1 Å². The molecule has 2 amide bonds. The van der Waals surface area contributed by atoms with Gasteiger partial charge >= 0.3 is 0 Å². The fourth-order valence-electron chi connectivity index (χ4n) is 5.28. The number of carbonyl (C=O) groups is 2. The molecular weight excluding hydrogens is 646 g/mol. The molecule has 8 nitrogen and oxygen atoms in total. The summed E-state index contributed by atoms with van der Waals surface area (Å²) >= 11 is 5.95. The Kier molecular flexibility index (Phi) is 31.1. The highest BCUT2D eigenvalue weighted by Gasteiger charge is 2.20. The Morgan fingerprint density at radius 2 is 1.64 bits per heavy atom. The molecule has 2 aromatic carbocycles. The number of nitrogens with one attached hydrogen (secondary N) is 2. The number of hydrogen-bond donors (Lipinski definition) is 3. The number of aryl methyl sites for hydroxylation is 3. The smallest absolute Gasteiger partial charge is 0.255 e. The number of nitrogens with zero attached hydrogens (tertiary/aromatic N) is 2. The van der Waals surface area contributed by atoms with Crippen molar-refractivity contribution in [2.75, 3.05) is 58.7 Å². The lowest BCUT2D eigenvalue weighted by Crippen LogP contribution is -2.42. The van der Waals surface area contributed by atoms with Gasteiger partial charge in [-0.05, 0) is 128 Å². The first-order chi connectivity index (χ1) is 24.0. The Morgan fingerprint density at radius 3 is 2.12 bits per heavy atom. The largest absolute Gasteiger partial charge is 0.492 e. The lowest BCUT2D eigenvalue weighted by molar-refractivity contribution is -0.120. The topological polar surface area (TPSA) is 99.9 Å². The van der Waals surface area contributed by atoms with Crippen molar-refractivity contribution in [1.82, 2.24) is 15.1 Å². The maximum atomic E-state index is 10.6. The summed E-state index contributed by atoms with van der Waals surface area (Å²) < 4.78 is 4.68. The van der Waals surface area contributed by atoms with Gasteiger partial charge in [0, 0.05) is 23.3 Å². The highest BCUT2D eigenvalue weighted by atomic mass is 35.5. The van der Waals surface area contributed by atoms with Gasteiger partial charge in [-0.3, -0.25) is 9.59 Å². The van der Waals surface area contributed by atoms with E-state index in [1.807, 2.05) is 58.9 Å². The minimum atomic E-state index is -0.448. The van der Waals surface area contributed by atoms with Crippen LogP contribution in [-0.2, 0) is 20.7 Å². The molecule has 0 radical (unpaired) electrons. The maximum Gasteiger partial charge on any atom is 0.255 e. The first-order valence-corrected chi connectivity index (χ1v) is 18.5. The average molecular weight is 716 g/mol. The first kappa shape index (κ1) is 48.9. The predicted octanol–water partition coefficient (Wildman–Crippen LogP) is 8.33. The molecule has 2 heterocycles. The lowest BCUT2D eigenvalue weighted by Gasteiger charge is -2.35. The number of benzene rings is 2. The Morgan fingerprint density at radius 1 is 1.08 bits per heavy atom. The molecule has 0 atom stereocenters. The number of ether oxygens (including phenoxy) is 1. The Hall–Kier alpha value is -3.17. The third-order valence-electron chi connectivity index (χ3n) is 8.14.